The summed E-state index contributed by atoms with van der Waals surface area (Å²) in [6, 6.07) is 5.94. The highest BCUT2D eigenvalue weighted by atomic mass is 19.1. The van der Waals surface area contributed by atoms with Crippen molar-refractivity contribution in [2.24, 2.45) is 0 Å². The van der Waals surface area contributed by atoms with Crippen LogP contribution >= 0.6 is 0 Å². The van der Waals surface area contributed by atoms with E-state index in [-0.39, 0.29) is 11.8 Å². The summed E-state index contributed by atoms with van der Waals surface area (Å²) in [6.07, 6.45) is 2.32. The second-order valence-electron chi connectivity index (χ2n) is 5.06. The van der Waals surface area contributed by atoms with Crippen molar-refractivity contribution in [3.05, 3.63) is 30.1 Å². The molecule has 0 saturated carbocycles. The van der Waals surface area contributed by atoms with Crippen molar-refractivity contribution in [1.29, 1.82) is 0 Å². The highest BCUT2D eigenvalue weighted by Crippen LogP contribution is 2.16. The third-order valence-electron chi connectivity index (χ3n) is 3.43. The molecule has 4 nitrogen and oxygen atoms in total. The van der Waals surface area contributed by atoms with Crippen LogP contribution in [-0.2, 0) is 9.53 Å². The minimum absolute atomic E-state index is 0.230. The molecule has 0 radical (unpaired) electrons. The molecule has 1 N–H and O–H groups in total. The van der Waals surface area contributed by atoms with Crippen LogP contribution in [0.5, 0.6) is 5.75 Å². The summed E-state index contributed by atoms with van der Waals surface area (Å²) < 4.78 is 23.3. The zero-order valence-corrected chi connectivity index (χ0v) is 12.9. The Kier molecular flexibility index (Phi) is 7.15. The molecule has 0 heterocycles. The van der Waals surface area contributed by atoms with Gasteiger partial charge in [0.2, 0.25) is 0 Å². The third-order valence-corrected chi connectivity index (χ3v) is 3.43. The molecular formula is C16H24FNO3. The SMILES string of the molecule is CCOC(=O)C(C)(CCCCOc1ccc(F)cc1)NC. The zero-order valence-electron chi connectivity index (χ0n) is 12.9. The molecule has 0 aliphatic rings. The Balaban J connectivity index is 2.28. The van der Waals surface area contributed by atoms with E-state index >= 15 is 0 Å². The maximum absolute atomic E-state index is 12.7. The Morgan fingerprint density at radius 3 is 2.52 bits per heavy atom. The summed E-state index contributed by atoms with van der Waals surface area (Å²) in [6.45, 7) is 4.55. The Morgan fingerprint density at radius 1 is 1.29 bits per heavy atom. The fraction of sp³-hybridized carbons (Fsp3) is 0.562. The zero-order chi connectivity index (χ0) is 15.7. The molecule has 0 aliphatic heterocycles. The molecule has 0 amide bonds. The van der Waals surface area contributed by atoms with Crippen LogP contribution < -0.4 is 10.1 Å². The second-order valence-corrected chi connectivity index (χ2v) is 5.06. The Labute approximate surface area is 125 Å². The minimum Gasteiger partial charge on any atom is -0.494 e. The van der Waals surface area contributed by atoms with Crippen LogP contribution in [0.15, 0.2) is 24.3 Å². The quantitative estimate of drug-likeness (QED) is 0.562. The molecule has 0 saturated heterocycles. The molecule has 0 spiro atoms. The first kappa shape index (κ1) is 17.4. The predicted molar refractivity (Wildman–Crippen MR) is 79.8 cm³/mol. The van der Waals surface area contributed by atoms with E-state index in [0.29, 0.717) is 25.4 Å². The Hall–Kier alpha value is -1.62. The molecule has 5 heteroatoms. The van der Waals surface area contributed by atoms with Crippen molar-refractivity contribution in [3.8, 4) is 5.75 Å². The van der Waals surface area contributed by atoms with Crippen LogP contribution in [0.1, 0.15) is 33.1 Å². The van der Waals surface area contributed by atoms with Gasteiger partial charge in [-0.1, -0.05) is 0 Å². The molecule has 1 aromatic rings. The minimum atomic E-state index is -0.661. The summed E-state index contributed by atoms with van der Waals surface area (Å²) in [5.74, 6) is 0.145. The van der Waals surface area contributed by atoms with Gasteiger partial charge < -0.3 is 14.8 Å². The van der Waals surface area contributed by atoms with E-state index in [1.54, 1.807) is 26.1 Å². The van der Waals surface area contributed by atoms with Gasteiger partial charge in [-0.2, -0.15) is 0 Å². The highest BCUT2D eigenvalue weighted by molar-refractivity contribution is 5.80. The average Bonchev–Trinajstić information content (AvgIpc) is 2.48. The number of nitrogens with one attached hydrogen (secondary N) is 1. The van der Waals surface area contributed by atoms with Crippen LogP contribution in [0.4, 0.5) is 4.39 Å². The number of hydrogen-bond acceptors (Lipinski definition) is 4. The molecule has 1 unspecified atom stereocenters. The van der Waals surface area contributed by atoms with Crippen molar-refractivity contribution in [3.63, 3.8) is 0 Å². The fourth-order valence-electron chi connectivity index (χ4n) is 1.92. The fourth-order valence-corrected chi connectivity index (χ4v) is 1.92. The van der Waals surface area contributed by atoms with E-state index in [9.17, 15) is 9.18 Å². The number of likely N-dealkylation sites (N-methyl/N-ethyl adjacent to an activating group) is 1. The number of benzene rings is 1. The number of esters is 1. The van der Waals surface area contributed by atoms with Crippen LogP contribution in [0, 0.1) is 5.82 Å². The van der Waals surface area contributed by atoms with E-state index in [0.717, 1.165) is 12.8 Å². The lowest BCUT2D eigenvalue weighted by Crippen LogP contribution is -2.48. The molecular weight excluding hydrogens is 273 g/mol. The maximum atomic E-state index is 12.7. The van der Waals surface area contributed by atoms with E-state index < -0.39 is 5.54 Å². The smallest absolute Gasteiger partial charge is 0.326 e. The number of ether oxygens (including phenoxy) is 2. The van der Waals surface area contributed by atoms with Gasteiger partial charge in [0.25, 0.3) is 0 Å². The van der Waals surface area contributed by atoms with Gasteiger partial charge in [-0.15, -0.1) is 0 Å². The van der Waals surface area contributed by atoms with Gasteiger partial charge in [-0.25, -0.2) is 4.39 Å². The van der Waals surface area contributed by atoms with Gasteiger partial charge in [0.15, 0.2) is 0 Å². The summed E-state index contributed by atoms with van der Waals surface area (Å²) in [5.41, 5.74) is -0.661. The summed E-state index contributed by atoms with van der Waals surface area (Å²) in [5, 5.41) is 3.02. The van der Waals surface area contributed by atoms with Crippen LogP contribution in [0.3, 0.4) is 0 Å². The van der Waals surface area contributed by atoms with E-state index in [4.69, 9.17) is 9.47 Å². The molecule has 0 aromatic heterocycles. The predicted octanol–water partition coefficient (Wildman–Crippen LogP) is 2.92. The van der Waals surface area contributed by atoms with Crippen molar-refractivity contribution in [2.45, 2.75) is 38.6 Å². The van der Waals surface area contributed by atoms with Crippen molar-refractivity contribution >= 4 is 5.97 Å². The summed E-state index contributed by atoms with van der Waals surface area (Å²) in [7, 11) is 1.76. The number of halogens is 1. The lowest BCUT2D eigenvalue weighted by molar-refractivity contribution is -0.150. The molecule has 1 aromatic carbocycles. The first-order chi connectivity index (χ1) is 10.0. The Bertz CT molecular complexity index is 436. The van der Waals surface area contributed by atoms with E-state index in [2.05, 4.69) is 5.32 Å². The first-order valence-electron chi connectivity index (χ1n) is 7.26. The maximum Gasteiger partial charge on any atom is 0.326 e. The normalized spacial score (nSPS) is 13.5. The number of hydrogen-bond donors (Lipinski definition) is 1. The third kappa shape index (κ3) is 5.71. The molecule has 0 aliphatic carbocycles. The van der Waals surface area contributed by atoms with Crippen molar-refractivity contribution in [2.75, 3.05) is 20.3 Å². The standard InChI is InChI=1S/C16H24FNO3/c1-4-20-15(19)16(2,18-3)11-5-6-12-21-14-9-7-13(17)8-10-14/h7-10,18H,4-6,11-12H2,1-3H3. The van der Waals surface area contributed by atoms with E-state index in [1.165, 1.54) is 12.1 Å². The van der Waals surface area contributed by atoms with Crippen molar-refractivity contribution in [1.82, 2.24) is 5.32 Å². The van der Waals surface area contributed by atoms with Crippen LogP contribution in [0.25, 0.3) is 0 Å². The number of unbranched alkanes of at least 4 members (excludes halogenated alkanes) is 1. The first-order valence-corrected chi connectivity index (χ1v) is 7.26. The lowest BCUT2D eigenvalue weighted by atomic mass is 9.95. The highest BCUT2D eigenvalue weighted by Gasteiger charge is 2.32. The number of carbonyl (C=O) groups is 1. The van der Waals surface area contributed by atoms with Crippen LogP contribution in [0.2, 0.25) is 0 Å². The van der Waals surface area contributed by atoms with Gasteiger partial charge in [-0.3, -0.25) is 4.79 Å². The molecule has 1 atom stereocenters. The largest absolute Gasteiger partial charge is 0.494 e. The monoisotopic (exact) mass is 297 g/mol. The van der Waals surface area contributed by atoms with Gasteiger partial charge in [-0.05, 0) is 64.4 Å². The molecule has 0 bridgehead atoms. The number of carbonyl (C=O) groups excluding carboxylic acids is 1. The molecule has 0 fully saturated rings. The van der Waals surface area contributed by atoms with Gasteiger partial charge in [0, 0.05) is 0 Å². The summed E-state index contributed by atoms with van der Waals surface area (Å²) in [4.78, 5) is 11.9. The molecule has 118 valence electrons. The average molecular weight is 297 g/mol. The van der Waals surface area contributed by atoms with Crippen LogP contribution in [-0.4, -0.2) is 31.8 Å². The van der Waals surface area contributed by atoms with E-state index in [1.807, 2.05) is 6.92 Å². The van der Waals surface area contributed by atoms with Gasteiger partial charge >= 0.3 is 5.97 Å². The molecule has 1 rings (SSSR count). The van der Waals surface area contributed by atoms with Gasteiger partial charge in [0.1, 0.15) is 17.1 Å². The second kappa shape index (κ2) is 8.62. The topological polar surface area (TPSA) is 47.6 Å². The lowest BCUT2D eigenvalue weighted by Gasteiger charge is -2.26. The number of rotatable bonds is 9. The Morgan fingerprint density at radius 2 is 1.95 bits per heavy atom. The van der Waals surface area contributed by atoms with Crippen molar-refractivity contribution < 1.29 is 18.7 Å². The van der Waals surface area contributed by atoms with Gasteiger partial charge in [0.05, 0.1) is 13.2 Å². The molecule has 21 heavy (non-hydrogen) atoms. The summed E-state index contributed by atoms with van der Waals surface area (Å²) >= 11 is 0.